The van der Waals surface area contributed by atoms with Crippen LogP contribution in [-0.4, -0.2) is 0 Å². The Morgan fingerprint density at radius 2 is 0.860 bits per heavy atom. The van der Waals surface area contributed by atoms with Crippen molar-refractivity contribution in [2.45, 2.75) is 47.0 Å². The van der Waals surface area contributed by atoms with Crippen molar-refractivity contribution >= 4 is 66.4 Å². The minimum atomic E-state index is -0.287. The third-order valence-corrected chi connectivity index (χ3v) is 12.3. The van der Waals surface area contributed by atoms with E-state index in [4.69, 9.17) is 0 Å². The zero-order valence-corrected chi connectivity index (χ0v) is 33.6. The van der Waals surface area contributed by atoms with E-state index in [1.165, 1.54) is 93.9 Å². The van der Waals surface area contributed by atoms with Gasteiger partial charge in [-0.3, -0.25) is 0 Å². The van der Waals surface area contributed by atoms with Crippen LogP contribution in [0.3, 0.4) is 0 Å². The Labute approximate surface area is 336 Å². The molecule has 0 amide bonds. The lowest BCUT2D eigenvalue weighted by molar-refractivity contribution is 0.667. The van der Waals surface area contributed by atoms with E-state index in [2.05, 4.69) is 221 Å². The van der Waals surface area contributed by atoms with Crippen molar-refractivity contribution in [2.24, 2.45) is 0 Å². The van der Waals surface area contributed by atoms with Gasteiger partial charge in [0.2, 0.25) is 0 Å². The lowest BCUT2D eigenvalue weighted by Gasteiger charge is -2.31. The fourth-order valence-corrected chi connectivity index (χ4v) is 9.77. The second kappa shape index (κ2) is 13.2. The van der Waals surface area contributed by atoms with Crippen LogP contribution in [0.4, 0.5) is 34.1 Å². The number of hydrogen-bond donors (Lipinski definition) is 0. The Morgan fingerprint density at radius 3 is 1.46 bits per heavy atom. The molecule has 2 heteroatoms. The Hall–Kier alpha value is -6.64. The Kier molecular flexibility index (Phi) is 8.09. The number of fused-ring (bicyclic) bond motifs is 10. The summed E-state index contributed by atoms with van der Waals surface area (Å²) in [5.74, 6) is 0. The molecule has 1 aliphatic carbocycles. The second-order valence-electron chi connectivity index (χ2n) is 16.4. The Morgan fingerprint density at radius 1 is 0.351 bits per heavy atom. The fraction of sp³-hybridized carbons (Fsp3) is 0.127. The average molecular weight is 735 g/mol. The predicted octanol–water partition coefficient (Wildman–Crippen LogP) is 15.6. The highest BCUT2D eigenvalue weighted by molar-refractivity contribution is 6.23. The van der Waals surface area contributed by atoms with Gasteiger partial charge in [-0.05, 0) is 143 Å². The normalized spacial score (nSPS) is 12.9. The van der Waals surface area contributed by atoms with Crippen molar-refractivity contribution < 1.29 is 0 Å². The van der Waals surface area contributed by atoms with Crippen molar-refractivity contribution in [3.05, 3.63) is 203 Å². The maximum Gasteiger partial charge on any atom is 0.0543 e. The second-order valence-corrected chi connectivity index (χ2v) is 16.4. The van der Waals surface area contributed by atoms with Gasteiger partial charge in [-0.15, -0.1) is 0 Å². The van der Waals surface area contributed by atoms with Crippen molar-refractivity contribution in [3.63, 3.8) is 0 Å². The van der Waals surface area contributed by atoms with E-state index < -0.39 is 0 Å². The summed E-state index contributed by atoms with van der Waals surface area (Å²) in [4.78, 5) is 4.89. The molecule has 9 aromatic carbocycles. The first-order chi connectivity index (χ1) is 27.7. The molecule has 0 heterocycles. The van der Waals surface area contributed by atoms with Gasteiger partial charge in [0, 0.05) is 39.2 Å². The third-order valence-electron chi connectivity index (χ3n) is 12.3. The van der Waals surface area contributed by atoms with Gasteiger partial charge in [0.15, 0.2) is 0 Å². The SMILES string of the molecule is Cc1ccc(N(c2ccccc2)c2ccc3c4c(c5ccccc5c3c2)-c2c(cc(N(c3ccccc3)c3ccc(C)cc3C)c3ccccc23)C4(C)C)c(C)c1. The quantitative estimate of drug-likeness (QED) is 0.157. The number of benzene rings is 9. The van der Waals surface area contributed by atoms with Gasteiger partial charge in [-0.2, -0.15) is 0 Å². The molecule has 276 valence electrons. The Balaban J connectivity index is 1.26. The van der Waals surface area contributed by atoms with Gasteiger partial charge in [0.1, 0.15) is 0 Å². The van der Waals surface area contributed by atoms with Crippen LogP contribution in [0.25, 0.3) is 43.4 Å². The van der Waals surface area contributed by atoms with E-state index in [1.807, 2.05) is 0 Å². The number of anilines is 6. The molecule has 0 aliphatic heterocycles. The van der Waals surface area contributed by atoms with Gasteiger partial charge in [-0.1, -0.05) is 140 Å². The monoisotopic (exact) mass is 734 g/mol. The molecule has 0 radical (unpaired) electrons. The van der Waals surface area contributed by atoms with E-state index in [0.29, 0.717) is 0 Å². The molecule has 0 bridgehead atoms. The van der Waals surface area contributed by atoms with Crippen LogP contribution in [0.1, 0.15) is 47.2 Å². The van der Waals surface area contributed by atoms with Gasteiger partial charge in [-0.25, -0.2) is 0 Å². The highest BCUT2D eigenvalue weighted by Gasteiger charge is 2.41. The molecule has 57 heavy (non-hydrogen) atoms. The highest BCUT2D eigenvalue weighted by atomic mass is 15.2. The molecule has 0 saturated heterocycles. The van der Waals surface area contributed by atoms with Gasteiger partial charge >= 0.3 is 0 Å². The predicted molar refractivity (Wildman–Crippen MR) is 245 cm³/mol. The largest absolute Gasteiger partial charge is 0.310 e. The summed E-state index contributed by atoms with van der Waals surface area (Å²) < 4.78 is 0. The van der Waals surface area contributed by atoms with E-state index in [1.54, 1.807) is 0 Å². The number of rotatable bonds is 6. The van der Waals surface area contributed by atoms with Crippen molar-refractivity contribution in [1.82, 2.24) is 0 Å². The lowest BCUT2D eigenvalue weighted by atomic mass is 9.79. The molecule has 9 aromatic rings. The van der Waals surface area contributed by atoms with Crippen LogP contribution < -0.4 is 9.80 Å². The molecule has 0 fully saturated rings. The summed E-state index contributed by atoms with van der Waals surface area (Å²) in [6.07, 6.45) is 0. The number of nitrogens with zero attached hydrogens (tertiary/aromatic N) is 2. The summed E-state index contributed by atoms with van der Waals surface area (Å²) in [7, 11) is 0. The molecule has 0 saturated carbocycles. The number of para-hydroxylation sites is 2. The highest BCUT2D eigenvalue weighted by Crippen LogP contribution is 2.59. The molecule has 0 unspecified atom stereocenters. The van der Waals surface area contributed by atoms with Gasteiger partial charge in [0.05, 0.1) is 5.69 Å². The van der Waals surface area contributed by atoms with E-state index >= 15 is 0 Å². The topological polar surface area (TPSA) is 6.48 Å². The van der Waals surface area contributed by atoms with Gasteiger partial charge < -0.3 is 9.80 Å². The molecular formula is C55H46N2. The molecule has 2 nitrogen and oxygen atoms in total. The molecule has 0 aromatic heterocycles. The standard InChI is InChI=1S/C55H46N2/c1-35-25-29-49(37(3)31-35)56(39-17-9-7-10-18-39)41-27-28-46-47(33-41)42-21-13-15-23-44(42)53-52-45-24-16-14-22-43(45)51(34-48(52)55(5,6)54(46)53)57(40-19-11-8-12-20-40)50-30-26-36(2)32-38(50)4/h7-34H,1-6H3. The van der Waals surface area contributed by atoms with Crippen molar-refractivity contribution in [1.29, 1.82) is 0 Å². The fourth-order valence-electron chi connectivity index (χ4n) is 9.77. The van der Waals surface area contributed by atoms with Gasteiger partial charge in [0.25, 0.3) is 0 Å². The first-order valence-electron chi connectivity index (χ1n) is 20.1. The van der Waals surface area contributed by atoms with Crippen LogP contribution >= 0.6 is 0 Å². The van der Waals surface area contributed by atoms with Crippen LogP contribution in [0, 0.1) is 27.7 Å². The third kappa shape index (κ3) is 5.46. The minimum Gasteiger partial charge on any atom is -0.310 e. The summed E-state index contributed by atoms with van der Waals surface area (Å²) in [6.45, 7) is 13.7. The molecule has 0 N–H and O–H groups in total. The zero-order chi connectivity index (χ0) is 39.0. The lowest BCUT2D eigenvalue weighted by Crippen LogP contribution is -2.18. The molecule has 0 atom stereocenters. The maximum absolute atomic E-state index is 2.51. The summed E-state index contributed by atoms with van der Waals surface area (Å²) in [6, 6.07) is 63.1. The zero-order valence-electron chi connectivity index (χ0n) is 33.6. The van der Waals surface area contributed by atoms with E-state index in [9.17, 15) is 0 Å². The first-order valence-corrected chi connectivity index (χ1v) is 20.1. The van der Waals surface area contributed by atoms with Crippen LogP contribution in [0.15, 0.2) is 170 Å². The summed E-state index contributed by atoms with van der Waals surface area (Å²) in [5, 5.41) is 7.69. The van der Waals surface area contributed by atoms with Crippen molar-refractivity contribution in [3.8, 4) is 11.1 Å². The smallest absolute Gasteiger partial charge is 0.0543 e. The number of aryl methyl sites for hydroxylation is 4. The molecular weight excluding hydrogens is 689 g/mol. The van der Waals surface area contributed by atoms with Crippen LogP contribution in [-0.2, 0) is 5.41 Å². The Bertz CT molecular complexity index is 3030. The average Bonchev–Trinajstić information content (AvgIpc) is 3.47. The number of hydrogen-bond acceptors (Lipinski definition) is 2. The minimum absolute atomic E-state index is 0.287. The van der Waals surface area contributed by atoms with E-state index in [0.717, 1.165) is 17.1 Å². The maximum atomic E-state index is 2.51. The molecule has 10 rings (SSSR count). The first kappa shape index (κ1) is 34.8. The van der Waals surface area contributed by atoms with Crippen LogP contribution in [0.2, 0.25) is 0 Å². The summed E-state index contributed by atoms with van der Waals surface area (Å²) >= 11 is 0. The molecule has 1 aliphatic rings. The van der Waals surface area contributed by atoms with Crippen molar-refractivity contribution in [2.75, 3.05) is 9.80 Å². The van der Waals surface area contributed by atoms with Crippen LogP contribution in [0.5, 0.6) is 0 Å². The van der Waals surface area contributed by atoms with E-state index in [-0.39, 0.29) is 5.41 Å². The molecule has 0 spiro atoms. The summed E-state index contributed by atoms with van der Waals surface area (Å²) in [5.41, 5.74) is 17.3.